The number of rotatable bonds is 6. The highest BCUT2D eigenvalue weighted by Crippen LogP contribution is 2.18. The van der Waals surface area contributed by atoms with Crippen molar-refractivity contribution in [2.24, 2.45) is 11.7 Å². The number of hydrogen-bond acceptors (Lipinski definition) is 3. The molecule has 1 fully saturated rings. The second-order valence-corrected chi connectivity index (χ2v) is 5.30. The van der Waals surface area contributed by atoms with Gasteiger partial charge in [0.25, 0.3) is 0 Å². The van der Waals surface area contributed by atoms with E-state index in [9.17, 15) is 0 Å². The summed E-state index contributed by atoms with van der Waals surface area (Å²) in [6.45, 7) is 8.17. The number of ether oxygens (including phenoxy) is 1. The largest absolute Gasteiger partial charge is 0.380 e. The summed E-state index contributed by atoms with van der Waals surface area (Å²) in [5.74, 6) is 0.615. The molecule has 0 radical (unpaired) electrons. The first-order chi connectivity index (χ1) is 7.63. The predicted molar refractivity (Wildman–Crippen MR) is 68.5 cm³/mol. The van der Waals surface area contributed by atoms with Gasteiger partial charge in [-0.15, -0.1) is 0 Å². The summed E-state index contributed by atoms with van der Waals surface area (Å²) in [6, 6.07) is 1.46. The fourth-order valence-corrected chi connectivity index (χ4v) is 2.36. The molecule has 0 bridgehead atoms. The van der Waals surface area contributed by atoms with Crippen LogP contribution < -0.4 is 11.1 Å². The van der Waals surface area contributed by atoms with E-state index in [0.29, 0.717) is 24.0 Å². The van der Waals surface area contributed by atoms with Crippen molar-refractivity contribution in [1.29, 1.82) is 0 Å². The van der Waals surface area contributed by atoms with Crippen molar-refractivity contribution >= 4 is 0 Å². The van der Waals surface area contributed by atoms with Crippen LogP contribution in [0.25, 0.3) is 0 Å². The summed E-state index contributed by atoms with van der Waals surface area (Å²) in [4.78, 5) is 0. The lowest BCUT2D eigenvalue weighted by Crippen LogP contribution is -2.48. The summed E-state index contributed by atoms with van der Waals surface area (Å²) < 4.78 is 5.53. The monoisotopic (exact) mass is 228 g/mol. The van der Waals surface area contributed by atoms with E-state index in [-0.39, 0.29) is 0 Å². The molecule has 1 aliphatic carbocycles. The lowest BCUT2D eigenvalue weighted by molar-refractivity contribution is 0.0995. The van der Waals surface area contributed by atoms with Crippen LogP contribution in [0.1, 0.15) is 46.5 Å². The van der Waals surface area contributed by atoms with Crippen LogP contribution in [-0.2, 0) is 4.74 Å². The van der Waals surface area contributed by atoms with Gasteiger partial charge in [0.2, 0.25) is 0 Å². The highest BCUT2D eigenvalue weighted by molar-refractivity contribution is 4.83. The van der Waals surface area contributed by atoms with Crippen molar-refractivity contribution in [3.8, 4) is 0 Å². The molecule has 1 rings (SSSR count). The molecule has 0 aromatic rings. The Hall–Kier alpha value is -0.120. The second-order valence-electron chi connectivity index (χ2n) is 5.30. The van der Waals surface area contributed by atoms with Gasteiger partial charge in [-0.2, -0.15) is 0 Å². The zero-order valence-electron chi connectivity index (χ0n) is 11.0. The van der Waals surface area contributed by atoms with Gasteiger partial charge in [0.15, 0.2) is 0 Å². The van der Waals surface area contributed by atoms with Crippen molar-refractivity contribution in [1.82, 2.24) is 5.32 Å². The third kappa shape index (κ3) is 4.81. The average molecular weight is 228 g/mol. The van der Waals surface area contributed by atoms with Gasteiger partial charge in [-0.3, -0.25) is 0 Å². The van der Waals surface area contributed by atoms with Gasteiger partial charge < -0.3 is 15.8 Å². The molecular weight excluding hydrogens is 200 g/mol. The SMILES string of the molecule is CCOCC(NC1CCCC(N)C1)C(C)C. The third-order valence-electron chi connectivity index (χ3n) is 3.47. The van der Waals surface area contributed by atoms with Gasteiger partial charge in [-0.05, 0) is 32.1 Å². The molecule has 0 saturated heterocycles. The second kappa shape index (κ2) is 7.25. The van der Waals surface area contributed by atoms with Gasteiger partial charge >= 0.3 is 0 Å². The van der Waals surface area contributed by atoms with Crippen LogP contribution in [0.2, 0.25) is 0 Å². The van der Waals surface area contributed by atoms with Crippen LogP contribution in [-0.4, -0.2) is 31.3 Å². The van der Waals surface area contributed by atoms with Crippen LogP contribution in [0.4, 0.5) is 0 Å². The van der Waals surface area contributed by atoms with Gasteiger partial charge in [-0.25, -0.2) is 0 Å². The van der Waals surface area contributed by atoms with Crippen LogP contribution in [0.3, 0.4) is 0 Å². The zero-order valence-corrected chi connectivity index (χ0v) is 11.0. The molecule has 0 aromatic heterocycles. The quantitative estimate of drug-likeness (QED) is 0.730. The molecule has 96 valence electrons. The van der Waals surface area contributed by atoms with Crippen LogP contribution >= 0.6 is 0 Å². The van der Waals surface area contributed by atoms with Crippen molar-refractivity contribution in [2.75, 3.05) is 13.2 Å². The molecule has 0 amide bonds. The molecule has 0 heterocycles. The third-order valence-corrected chi connectivity index (χ3v) is 3.47. The highest BCUT2D eigenvalue weighted by Gasteiger charge is 2.23. The van der Waals surface area contributed by atoms with E-state index in [2.05, 4.69) is 19.2 Å². The van der Waals surface area contributed by atoms with Crippen LogP contribution in [0.5, 0.6) is 0 Å². The fourth-order valence-electron chi connectivity index (χ4n) is 2.36. The number of nitrogens with one attached hydrogen (secondary N) is 1. The summed E-state index contributed by atoms with van der Waals surface area (Å²) in [6.07, 6.45) is 4.84. The van der Waals surface area contributed by atoms with Crippen molar-refractivity contribution < 1.29 is 4.74 Å². The summed E-state index contributed by atoms with van der Waals surface area (Å²) in [7, 11) is 0. The fraction of sp³-hybridized carbons (Fsp3) is 1.00. The minimum atomic E-state index is 0.395. The Morgan fingerprint density at radius 3 is 2.69 bits per heavy atom. The molecule has 0 spiro atoms. The standard InChI is InChI=1S/C13H28N2O/c1-4-16-9-13(10(2)3)15-12-7-5-6-11(14)8-12/h10-13,15H,4-9,14H2,1-3H3. The van der Waals surface area contributed by atoms with E-state index in [0.717, 1.165) is 19.6 Å². The van der Waals surface area contributed by atoms with Crippen LogP contribution in [0.15, 0.2) is 0 Å². The zero-order chi connectivity index (χ0) is 12.0. The first-order valence-corrected chi connectivity index (χ1v) is 6.72. The van der Waals surface area contributed by atoms with Gasteiger partial charge in [-0.1, -0.05) is 20.3 Å². The normalized spacial score (nSPS) is 28.3. The van der Waals surface area contributed by atoms with E-state index in [1.807, 2.05) is 6.92 Å². The molecule has 0 aliphatic heterocycles. The topological polar surface area (TPSA) is 47.3 Å². The molecule has 3 atom stereocenters. The van der Waals surface area contributed by atoms with Crippen molar-refractivity contribution in [3.63, 3.8) is 0 Å². The lowest BCUT2D eigenvalue weighted by atomic mass is 9.90. The Morgan fingerprint density at radius 1 is 1.38 bits per heavy atom. The molecule has 3 heteroatoms. The molecule has 16 heavy (non-hydrogen) atoms. The minimum Gasteiger partial charge on any atom is -0.380 e. The number of hydrogen-bond donors (Lipinski definition) is 2. The Labute approximate surface area is 100 Å². The Morgan fingerprint density at radius 2 is 2.12 bits per heavy atom. The highest BCUT2D eigenvalue weighted by atomic mass is 16.5. The minimum absolute atomic E-state index is 0.395. The molecule has 3 N–H and O–H groups in total. The van der Waals surface area contributed by atoms with E-state index < -0.39 is 0 Å². The van der Waals surface area contributed by atoms with Gasteiger partial charge in [0.1, 0.15) is 0 Å². The molecule has 1 aliphatic rings. The summed E-state index contributed by atoms with van der Waals surface area (Å²) >= 11 is 0. The first-order valence-electron chi connectivity index (χ1n) is 6.72. The summed E-state index contributed by atoms with van der Waals surface area (Å²) in [5.41, 5.74) is 6.01. The maximum Gasteiger partial charge on any atom is 0.0622 e. The van der Waals surface area contributed by atoms with Crippen LogP contribution in [0, 0.1) is 5.92 Å². The predicted octanol–water partition coefficient (Wildman–Crippen LogP) is 1.91. The maximum atomic E-state index is 6.01. The van der Waals surface area contributed by atoms with Crippen molar-refractivity contribution in [3.05, 3.63) is 0 Å². The maximum absolute atomic E-state index is 6.01. The van der Waals surface area contributed by atoms with Gasteiger partial charge in [0, 0.05) is 24.7 Å². The Balaban J connectivity index is 2.34. The number of nitrogens with two attached hydrogens (primary N) is 1. The first kappa shape index (κ1) is 13.9. The summed E-state index contributed by atoms with van der Waals surface area (Å²) in [5, 5.41) is 3.72. The Kier molecular flexibility index (Phi) is 6.32. The molecule has 1 saturated carbocycles. The lowest BCUT2D eigenvalue weighted by Gasteiger charge is -2.32. The molecular formula is C13H28N2O. The smallest absolute Gasteiger partial charge is 0.0622 e. The molecule has 3 nitrogen and oxygen atoms in total. The molecule has 0 aromatic carbocycles. The van der Waals surface area contributed by atoms with E-state index in [4.69, 9.17) is 10.5 Å². The van der Waals surface area contributed by atoms with E-state index >= 15 is 0 Å². The Bertz CT molecular complexity index is 185. The average Bonchev–Trinajstić information content (AvgIpc) is 2.24. The van der Waals surface area contributed by atoms with Crippen molar-refractivity contribution in [2.45, 2.75) is 64.6 Å². The molecule has 3 unspecified atom stereocenters. The van der Waals surface area contributed by atoms with Gasteiger partial charge in [0.05, 0.1) is 6.61 Å². The van der Waals surface area contributed by atoms with E-state index in [1.165, 1.54) is 19.3 Å². The van der Waals surface area contributed by atoms with E-state index in [1.54, 1.807) is 0 Å².